The summed E-state index contributed by atoms with van der Waals surface area (Å²) in [6, 6.07) is 12.2. The molecular weight excluding hydrogens is 314 g/mol. The van der Waals surface area contributed by atoms with Gasteiger partial charge in [-0.15, -0.1) is 0 Å². The molecular formula is C20H23N3O2. The van der Waals surface area contributed by atoms with Crippen molar-refractivity contribution in [3.8, 4) is 5.75 Å². The van der Waals surface area contributed by atoms with Gasteiger partial charge in [0.2, 0.25) is 5.91 Å². The van der Waals surface area contributed by atoms with Crippen LogP contribution < -0.4 is 4.74 Å². The number of aromatic nitrogens is 1. The summed E-state index contributed by atoms with van der Waals surface area (Å²) in [4.78, 5) is 20.9. The maximum Gasteiger partial charge on any atom is 0.237 e. The molecule has 1 aromatic heterocycles. The second-order valence-corrected chi connectivity index (χ2v) is 6.78. The summed E-state index contributed by atoms with van der Waals surface area (Å²) in [6.07, 6.45) is 5.53. The SMILES string of the molecule is O=C(CN1CC[C@H](Oc2ccncc2)C1)N1CCc2ccccc2C1. The van der Waals surface area contributed by atoms with Gasteiger partial charge < -0.3 is 9.64 Å². The first kappa shape index (κ1) is 16.1. The first-order valence-electron chi connectivity index (χ1n) is 8.91. The molecule has 5 heteroatoms. The van der Waals surface area contributed by atoms with Gasteiger partial charge in [-0.25, -0.2) is 0 Å². The topological polar surface area (TPSA) is 45.7 Å². The molecule has 0 spiro atoms. The molecule has 2 aromatic rings. The lowest BCUT2D eigenvalue weighted by molar-refractivity contribution is -0.133. The van der Waals surface area contributed by atoms with Crippen molar-refractivity contribution in [2.45, 2.75) is 25.5 Å². The Hall–Kier alpha value is -2.40. The van der Waals surface area contributed by atoms with Gasteiger partial charge in [0.05, 0.1) is 6.54 Å². The fourth-order valence-electron chi connectivity index (χ4n) is 3.65. The van der Waals surface area contributed by atoms with E-state index in [1.807, 2.05) is 23.1 Å². The molecule has 0 radical (unpaired) electrons. The summed E-state index contributed by atoms with van der Waals surface area (Å²) >= 11 is 0. The van der Waals surface area contributed by atoms with Crippen molar-refractivity contribution in [1.29, 1.82) is 0 Å². The molecule has 0 aliphatic carbocycles. The molecule has 4 rings (SSSR count). The van der Waals surface area contributed by atoms with Crippen LogP contribution in [0.4, 0.5) is 0 Å². The zero-order valence-electron chi connectivity index (χ0n) is 14.3. The molecule has 0 unspecified atom stereocenters. The van der Waals surface area contributed by atoms with Crippen molar-refractivity contribution in [3.63, 3.8) is 0 Å². The first-order valence-corrected chi connectivity index (χ1v) is 8.91. The number of carbonyl (C=O) groups is 1. The minimum absolute atomic E-state index is 0.150. The number of hydrogen-bond acceptors (Lipinski definition) is 4. The molecule has 25 heavy (non-hydrogen) atoms. The fourth-order valence-corrected chi connectivity index (χ4v) is 3.65. The van der Waals surface area contributed by atoms with Crippen molar-refractivity contribution >= 4 is 5.91 Å². The molecule has 5 nitrogen and oxygen atoms in total. The summed E-state index contributed by atoms with van der Waals surface area (Å²) in [6.45, 7) is 3.75. The van der Waals surface area contributed by atoms with Gasteiger partial charge in [0.1, 0.15) is 11.9 Å². The Morgan fingerprint density at radius 2 is 1.92 bits per heavy atom. The molecule has 0 N–H and O–H groups in total. The van der Waals surface area contributed by atoms with Gasteiger partial charge in [0.25, 0.3) is 0 Å². The Balaban J connectivity index is 1.29. The fraction of sp³-hybridized carbons (Fsp3) is 0.400. The van der Waals surface area contributed by atoms with Crippen LogP contribution in [0.5, 0.6) is 5.75 Å². The van der Waals surface area contributed by atoms with Crippen molar-refractivity contribution in [2.75, 3.05) is 26.2 Å². The minimum atomic E-state index is 0.150. The number of hydrogen-bond donors (Lipinski definition) is 0. The van der Waals surface area contributed by atoms with Gasteiger partial charge in [0.15, 0.2) is 0 Å². The predicted molar refractivity (Wildman–Crippen MR) is 95.3 cm³/mol. The first-order chi connectivity index (χ1) is 12.3. The van der Waals surface area contributed by atoms with Crippen molar-refractivity contribution in [1.82, 2.24) is 14.8 Å². The lowest BCUT2D eigenvalue weighted by Crippen LogP contribution is -2.42. The van der Waals surface area contributed by atoms with Crippen LogP contribution in [0, 0.1) is 0 Å². The Morgan fingerprint density at radius 1 is 1.12 bits per heavy atom. The zero-order valence-corrected chi connectivity index (χ0v) is 14.3. The van der Waals surface area contributed by atoms with Crippen molar-refractivity contribution in [3.05, 3.63) is 59.9 Å². The van der Waals surface area contributed by atoms with E-state index in [2.05, 4.69) is 28.1 Å². The summed E-state index contributed by atoms with van der Waals surface area (Å²) in [5.74, 6) is 1.07. The van der Waals surface area contributed by atoms with E-state index >= 15 is 0 Å². The van der Waals surface area contributed by atoms with Crippen LogP contribution in [0.25, 0.3) is 0 Å². The highest BCUT2D eigenvalue weighted by molar-refractivity contribution is 5.78. The number of nitrogens with zero attached hydrogens (tertiary/aromatic N) is 3. The number of pyridine rings is 1. The number of amides is 1. The van der Waals surface area contributed by atoms with Crippen LogP contribution in [0.15, 0.2) is 48.8 Å². The van der Waals surface area contributed by atoms with Crippen LogP contribution in [0.2, 0.25) is 0 Å². The number of rotatable bonds is 4. The van der Waals surface area contributed by atoms with E-state index in [9.17, 15) is 4.79 Å². The molecule has 1 amide bonds. The monoisotopic (exact) mass is 337 g/mol. The molecule has 0 bridgehead atoms. The third-order valence-electron chi connectivity index (χ3n) is 5.02. The third-order valence-corrected chi connectivity index (χ3v) is 5.02. The van der Waals surface area contributed by atoms with E-state index in [0.29, 0.717) is 6.54 Å². The number of fused-ring (bicyclic) bond motifs is 1. The van der Waals surface area contributed by atoms with Crippen LogP contribution in [-0.4, -0.2) is 53.0 Å². The summed E-state index contributed by atoms with van der Waals surface area (Å²) in [5.41, 5.74) is 2.65. The predicted octanol–water partition coefficient (Wildman–Crippen LogP) is 2.12. The molecule has 2 aliphatic rings. The molecule has 1 aromatic carbocycles. The van der Waals surface area contributed by atoms with Gasteiger partial charge in [-0.3, -0.25) is 14.7 Å². The van der Waals surface area contributed by atoms with Gasteiger partial charge in [-0.1, -0.05) is 24.3 Å². The third kappa shape index (κ3) is 3.82. The molecule has 1 saturated heterocycles. The quantitative estimate of drug-likeness (QED) is 0.857. The molecule has 1 atom stereocenters. The van der Waals surface area contributed by atoms with E-state index in [1.165, 1.54) is 11.1 Å². The largest absolute Gasteiger partial charge is 0.489 e. The van der Waals surface area contributed by atoms with Crippen LogP contribution in [-0.2, 0) is 17.8 Å². The van der Waals surface area contributed by atoms with Gasteiger partial charge in [-0.05, 0) is 36.1 Å². The molecule has 130 valence electrons. The molecule has 1 fully saturated rings. The Morgan fingerprint density at radius 3 is 2.76 bits per heavy atom. The molecule has 2 aliphatic heterocycles. The highest BCUT2D eigenvalue weighted by Crippen LogP contribution is 2.20. The Labute approximate surface area is 148 Å². The summed E-state index contributed by atoms with van der Waals surface area (Å²) in [7, 11) is 0. The highest BCUT2D eigenvalue weighted by atomic mass is 16.5. The average Bonchev–Trinajstić information content (AvgIpc) is 3.09. The number of carbonyl (C=O) groups excluding carboxylic acids is 1. The summed E-state index contributed by atoms with van der Waals surface area (Å²) < 4.78 is 5.97. The van der Waals surface area contributed by atoms with E-state index in [-0.39, 0.29) is 12.0 Å². The lowest BCUT2D eigenvalue weighted by atomic mass is 10.00. The standard InChI is InChI=1S/C20H23N3O2/c24-20(23-12-7-16-3-1-2-4-17(16)13-23)15-22-11-8-19(14-22)25-18-5-9-21-10-6-18/h1-6,9-10,19H,7-8,11-15H2/t19-/m0/s1. The number of likely N-dealkylation sites (tertiary alicyclic amines) is 1. The minimum Gasteiger partial charge on any atom is -0.489 e. The number of benzene rings is 1. The second-order valence-electron chi connectivity index (χ2n) is 6.78. The average molecular weight is 337 g/mol. The van der Waals surface area contributed by atoms with Crippen molar-refractivity contribution < 1.29 is 9.53 Å². The van der Waals surface area contributed by atoms with E-state index in [4.69, 9.17) is 4.74 Å². The van der Waals surface area contributed by atoms with Gasteiger partial charge >= 0.3 is 0 Å². The zero-order chi connectivity index (χ0) is 17.1. The lowest BCUT2D eigenvalue weighted by Gasteiger charge is -2.30. The maximum absolute atomic E-state index is 12.7. The van der Waals surface area contributed by atoms with Gasteiger partial charge in [0, 0.05) is 38.6 Å². The Bertz CT molecular complexity index is 735. The highest BCUT2D eigenvalue weighted by Gasteiger charge is 2.28. The normalized spacial score (nSPS) is 20.3. The van der Waals surface area contributed by atoms with E-state index in [1.54, 1.807) is 12.4 Å². The Kier molecular flexibility index (Phi) is 4.65. The molecule has 3 heterocycles. The van der Waals surface area contributed by atoms with Crippen molar-refractivity contribution in [2.24, 2.45) is 0 Å². The smallest absolute Gasteiger partial charge is 0.237 e. The van der Waals surface area contributed by atoms with Gasteiger partial charge in [-0.2, -0.15) is 0 Å². The molecule has 0 saturated carbocycles. The van der Waals surface area contributed by atoms with Crippen LogP contribution in [0.1, 0.15) is 17.5 Å². The van der Waals surface area contributed by atoms with E-state index in [0.717, 1.165) is 44.8 Å². The van der Waals surface area contributed by atoms with Crippen LogP contribution >= 0.6 is 0 Å². The number of ether oxygens (including phenoxy) is 1. The summed E-state index contributed by atoms with van der Waals surface area (Å²) in [5, 5.41) is 0. The maximum atomic E-state index is 12.7. The second kappa shape index (κ2) is 7.23. The van der Waals surface area contributed by atoms with E-state index < -0.39 is 0 Å². The van der Waals surface area contributed by atoms with Crippen LogP contribution in [0.3, 0.4) is 0 Å².